The van der Waals surface area contributed by atoms with E-state index in [9.17, 15) is 13.2 Å². The van der Waals surface area contributed by atoms with Gasteiger partial charge in [-0.25, -0.2) is 0 Å². The van der Waals surface area contributed by atoms with E-state index in [0.29, 0.717) is 6.42 Å². The van der Waals surface area contributed by atoms with E-state index < -0.39 is 11.7 Å². The second-order valence-electron chi connectivity index (χ2n) is 7.21. The van der Waals surface area contributed by atoms with E-state index in [0.717, 1.165) is 24.6 Å². The highest BCUT2D eigenvalue weighted by Crippen LogP contribution is 2.29. The van der Waals surface area contributed by atoms with Gasteiger partial charge in [0.2, 0.25) is 0 Å². The van der Waals surface area contributed by atoms with Crippen molar-refractivity contribution in [1.29, 1.82) is 0 Å². The summed E-state index contributed by atoms with van der Waals surface area (Å²) in [5.74, 6) is 0. The third-order valence-electron chi connectivity index (χ3n) is 5.22. The quantitative estimate of drug-likeness (QED) is 0.635. The Balaban J connectivity index is 1.49. The minimum Gasteiger partial charge on any atom is -0.310 e. The SMILES string of the molecule is C[C@@H](NCCCc1cccc(C(F)(F)F)c1)c1ccc2c(c1)CCCC2. The number of rotatable bonds is 6. The summed E-state index contributed by atoms with van der Waals surface area (Å²) in [5, 5.41) is 3.50. The van der Waals surface area contributed by atoms with Crippen molar-refractivity contribution in [3.05, 3.63) is 70.3 Å². The highest BCUT2D eigenvalue weighted by atomic mass is 19.4. The fourth-order valence-corrected chi connectivity index (χ4v) is 3.65. The van der Waals surface area contributed by atoms with Crippen molar-refractivity contribution in [2.45, 2.75) is 57.7 Å². The van der Waals surface area contributed by atoms with E-state index in [1.54, 1.807) is 6.07 Å². The molecule has 2 aromatic carbocycles. The van der Waals surface area contributed by atoms with Crippen LogP contribution in [0.2, 0.25) is 0 Å². The molecule has 0 fully saturated rings. The lowest BCUT2D eigenvalue weighted by Gasteiger charge is -2.20. The number of fused-ring (bicyclic) bond motifs is 1. The third kappa shape index (κ3) is 4.88. The van der Waals surface area contributed by atoms with E-state index in [2.05, 4.69) is 30.4 Å². The lowest BCUT2D eigenvalue weighted by molar-refractivity contribution is -0.137. The molecule has 26 heavy (non-hydrogen) atoms. The molecule has 0 bridgehead atoms. The van der Waals surface area contributed by atoms with Gasteiger partial charge in [-0.2, -0.15) is 13.2 Å². The molecule has 1 N–H and O–H groups in total. The van der Waals surface area contributed by atoms with Crippen LogP contribution < -0.4 is 5.32 Å². The zero-order valence-corrected chi connectivity index (χ0v) is 15.2. The number of halogens is 3. The van der Waals surface area contributed by atoms with Crippen LogP contribution in [0.15, 0.2) is 42.5 Å². The van der Waals surface area contributed by atoms with Crippen LogP contribution in [-0.4, -0.2) is 6.54 Å². The first-order valence-electron chi connectivity index (χ1n) is 9.45. The molecule has 0 saturated heterocycles. The van der Waals surface area contributed by atoms with Gasteiger partial charge in [0, 0.05) is 6.04 Å². The molecule has 0 saturated carbocycles. The lowest BCUT2D eigenvalue weighted by Crippen LogP contribution is -2.20. The molecule has 1 nitrogen and oxygen atoms in total. The average molecular weight is 361 g/mol. The van der Waals surface area contributed by atoms with E-state index in [1.807, 2.05) is 0 Å². The van der Waals surface area contributed by atoms with E-state index in [-0.39, 0.29) is 6.04 Å². The number of nitrogens with one attached hydrogen (secondary N) is 1. The van der Waals surface area contributed by atoms with Gasteiger partial charge in [-0.1, -0.05) is 36.4 Å². The van der Waals surface area contributed by atoms with Crippen molar-refractivity contribution >= 4 is 0 Å². The highest BCUT2D eigenvalue weighted by Gasteiger charge is 2.30. The highest BCUT2D eigenvalue weighted by molar-refractivity contribution is 5.35. The maximum Gasteiger partial charge on any atom is 0.416 e. The van der Waals surface area contributed by atoms with Gasteiger partial charge in [0.1, 0.15) is 0 Å². The predicted octanol–water partition coefficient (Wildman–Crippen LogP) is 5.87. The standard InChI is InChI=1S/C22H26F3N/c1-16(19-12-11-18-8-2-3-9-20(18)15-19)26-13-5-7-17-6-4-10-21(14-17)22(23,24)25/h4,6,10-12,14-16,26H,2-3,5,7-9,13H2,1H3/t16-/m1/s1. The Labute approximate surface area is 153 Å². The van der Waals surface area contributed by atoms with Crippen LogP contribution in [0.3, 0.4) is 0 Å². The maximum absolute atomic E-state index is 12.8. The van der Waals surface area contributed by atoms with Crippen LogP contribution in [0.25, 0.3) is 0 Å². The minimum atomic E-state index is -4.27. The molecule has 0 spiro atoms. The van der Waals surface area contributed by atoms with Crippen molar-refractivity contribution in [1.82, 2.24) is 5.32 Å². The molecule has 2 aromatic rings. The van der Waals surface area contributed by atoms with E-state index >= 15 is 0 Å². The Morgan fingerprint density at radius 1 is 1.00 bits per heavy atom. The van der Waals surface area contributed by atoms with Crippen LogP contribution in [0.1, 0.15) is 60.0 Å². The normalized spacial score (nSPS) is 15.5. The first-order chi connectivity index (χ1) is 12.4. The summed E-state index contributed by atoms with van der Waals surface area (Å²) in [6.45, 7) is 2.93. The molecule has 0 heterocycles. The van der Waals surface area contributed by atoms with Crippen LogP contribution in [0.5, 0.6) is 0 Å². The van der Waals surface area contributed by atoms with Crippen LogP contribution in [-0.2, 0) is 25.4 Å². The third-order valence-corrected chi connectivity index (χ3v) is 5.22. The number of hydrogen-bond donors (Lipinski definition) is 1. The topological polar surface area (TPSA) is 12.0 Å². The first-order valence-corrected chi connectivity index (χ1v) is 9.45. The number of aryl methyl sites for hydroxylation is 3. The monoisotopic (exact) mass is 361 g/mol. The maximum atomic E-state index is 12.8. The second kappa shape index (κ2) is 8.26. The Morgan fingerprint density at radius 3 is 2.54 bits per heavy atom. The van der Waals surface area contributed by atoms with Gasteiger partial charge in [-0.05, 0) is 80.3 Å². The molecule has 0 radical (unpaired) electrons. The summed E-state index contributed by atoms with van der Waals surface area (Å²) in [5.41, 5.74) is 4.43. The van der Waals surface area contributed by atoms with Gasteiger partial charge in [-0.3, -0.25) is 0 Å². The van der Waals surface area contributed by atoms with Gasteiger partial charge in [0.05, 0.1) is 5.56 Å². The summed E-state index contributed by atoms with van der Waals surface area (Å²) < 4.78 is 38.3. The zero-order valence-electron chi connectivity index (χ0n) is 15.2. The Morgan fingerprint density at radius 2 is 1.77 bits per heavy atom. The molecule has 140 valence electrons. The summed E-state index contributed by atoms with van der Waals surface area (Å²) in [6.07, 6.45) is 2.12. The van der Waals surface area contributed by atoms with E-state index in [4.69, 9.17) is 0 Å². The summed E-state index contributed by atoms with van der Waals surface area (Å²) in [4.78, 5) is 0. The summed E-state index contributed by atoms with van der Waals surface area (Å²) in [7, 11) is 0. The average Bonchev–Trinajstić information content (AvgIpc) is 2.64. The molecule has 4 heteroatoms. The van der Waals surface area contributed by atoms with Crippen LogP contribution in [0, 0.1) is 0 Å². The molecule has 1 atom stereocenters. The summed E-state index contributed by atoms with van der Waals surface area (Å²) >= 11 is 0. The molecule has 3 rings (SSSR count). The fraction of sp³-hybridized carbons (Fsp3) is 0.455. The van der Waals surface area contributed by atoms with Crippen molar-refractivity contribution in [3.8, 4) is 0 Å². The van der Waals surface area contributed by atoms with Crippen molar-refractivity contribution in [2.75, 3.05) is 6.54 Å². The second-order valence-corrected chi connectivity index (χ2v) is 7.21. The molecular weight excluding hydrogens is 335 g/mol. The fourth-order valence-electron chi connectivity index (χ4n) is 3.65. The van der Waals surface area contributed by atoms with Crippen molar-refractivity contribution in [2.24, 2.45) is 0 Å². The molecule has 0 aliphatic heterocycles. The molecule has 1 aliphatic rings. The molecular formula is C22H26F3N. The molecule has 0 unspecified atom stereocenters. The van der Waals surface area contributed by atoms with Crippen LogP contribution >= 0.6 is 0 Å². The van der Waals surface area contributed by atoms with Gasteiger partial charge in [0.25, 0.3) is 0 Å². The zero-order chi connectivity index (χ0) is 18.6. The van der Waals surface area contributed by atoms with Gasteiger partial charge in [-0.15, -0.1) is 0 Å². The Hall–Kier alpha value is -1.81. The van der Waals surface area contributed by atoms with E-state index in [1.165, 1.54) is 54.5 Å². The Kier molecular flexibility index (Phi) is 6.02. The van der Waals surface area contributed by atoms with Crippen LogP contribution in [0.4, 0.5) is 13.2 Å². The predicted molar refractivity (Wildman–Crippen MR) is 99.3 cm³/mol. The Bertz CT molecular complexity index is 736. The minimum absolute atomic E-state index is 0.253. The number of hydrogen-bond acceptors (Lipinski definition) is 1. The lowest BCUT2D eigenvalue weighted by atomic mass is 9.89. The van der Waals surface area contributed by atoms with Gasteiger partial charge < -0.3 is 5.32 Å². The summed E-state index contributed by atoms with van der Waals surface area (Å²) in [6, 6.07) is 12.7. The first kappa shape index (κ1) is 19.0. The van der Waals surface area contributed by atoms with Crippen molar-refractivity contribution in [3.63, 3.8) is 0 Å². The van der Waals surface area contributed by atoms with Gasteiger partial charge >= 0.3 is 6.18 Å². The number of benzene rings is 2. The molecule has 1 aliphatic carbocycles. The molecule has 0 amide bonds. The smallest absolute Gasteiger partial charge is 0.310 e. The largest absolute Gasteiger partial charge is 0.416 e. The van der Waals surface area contributed by atoms with Gasteiger partial charge in [0.15, 0.2) is 0 Å². The van der Waals surface area contributed by atoms with Crippen molar-refractivity contribution < 1.29 is 13.2 Å². The molecule has 0 aromatic heterocycles. The number of alkyl halides is 3.